The van der Waals surface area contributed by atoms with Crippen LogP contribution in [0.5, 0.6) is 0 Å². The summed E-state index contributed by atoms with van der Waals surface area (Å²) >= 11 is 0. The number of piperidine rings is 2. The van der Waals surface area contributed by atoms with Gasteiger partial charge < -0.3 is 15.1 Å². The van der Waals surface area contributed by atoms with Crippen molar-refractivity contribution in [3.63, 3.8) is 0 Å². The van der Waals surface area contributed by atoms with E-state index in [1.807, 2.05) is 29.2 Å². The Hall–Kier alpha value is -1.55. The Morgan fingerprint density at radius 2 is 1.68 bits per heavy atom. The second kappa shape index (κ2) is 8.22. The van der Waals surface area contributed by atoms with Crippen molar-refractivity contribution >= 4 is 11.7 Å². The summed E-state index contributed by atoms with van der Waals surface area (Å²) in [7, 11) is 0. The number of carbonyl (C=O) groups excluding carboxylic acids is 1. The second-order valence-corrected chi connectivity index (χ2v) is 8.39. The van der Waals surface area contributed by atoms with E-state index >= 15 is 0 Å². The number of amides is 2. The minimum atomic E-state index is 0.0440. The van der Waals surface area contributed by atoms with Gasteiger partial charge in [0, 0.05) is 38.4 Å². The van der Waals surface area contributed by atoms with Crippen LogP contribution in [0.15, 0.2) is 24.3 Å². The molecule has 2 heterocycles. The van der Waals surface area contributed by atoms with Gasteiger partial charge in [-0.05, 0) is 56.1 Å². The molecule has 1 aromatic carbocycles. The Bertz CT molecular complexity index is 553. The predicted octanol–water partition coefficient (Wildman–Crippen LogP) is 4.22. The van der Waals surface area contributed by atoms with E-state index in [-0.39, 0.29) is 6.03 Å². The van der Waals surface area contributed by atoms with Crippen molar-refractivity contribution in [2.75, 3.05) is 38.0 Å². The van der Waals surface area contributed by atoms with Gasteiger partial charge in [-0.1, -0.05) is 31.5 Å². The summed E-state index contributed by atoms with van der Waals surface area (Å²) in [6.45, 7) is 12.3. The minimum Gasteiger partial charge on any atom is -0.325 e. The molecular formula is C21H33N3O. The van der Waals surface area contributed by atoms with E-state index in [1.54, 1.807) is 0 Å². The number of nitrogens with zero attached hydrogens (tertiary/aromatic N) is 2. The second-order valence-electron chi connectivity index (χ2n) is 8.39. The number of nitrogens with one attached hydrogen (secondary N) is 1. The van der Waals surface area contributed by atoms with Crippen LogP contribution in [0.2, 0.25) is 0 Å². The summed E-state index contributed by atoms with van der Waals surface area (Å²) < 4.78 is 0. The molecule has 138 valence electrons. The third kappa shape index (κ3) is 5.21. The quantitative estimate of drug-likeness (QED) is 0.892. The van der Waals surface area contributed by atoms with E-state index in [9.17, 15) is 4.79 Å². The summed E-state index contributed by atoms with van der Waals surface area (Å²) in [6.07, 6.45) is 3.62. The van der Waals surface area contributed by atoms with Gasteiger partial charge in [-0.25, -0.2) is 4.79 Å². The number of urea groups is 1. The van der Waals surface area contributed by atoms with Crippen molar-refractivity contribution in [1.82, 2.24) is 9.80 Å². The van der Waals surface area contributed by atoms with Crippen molar-refractivity contribution in [3.05, 3.63) is 29.8 Å². The molecule has 3 rings (SSSR count). The minimum absolute atomic E-state index is 0.0440. The van der Waals surface area contributed by atoms with Gasteiger partial charge in [0.05, 0.1) is 0 Å². The molecule has 0 radical (unpaired) electrons. The molecular weight excluding hydrogens is 310 g/mol. The van der Waals surface area contributed by atoms with Crippen molar-refractivity contribution in [3.8, 4) is 0 Å². The lowest BCUT2D eigenvalue weighted by molar-refractivity contribution is 0.101. The van der Waals surface area contributed by atoms with Crippen molar-refractivity contribution in [2.45, 2.75) is 40.0 Å². The van der Waals surface area contributed by atoms with Crippen molar-refractivity contribution in [2.24, 2.45) is 17.8 Å². The fraction of sp³-hybridized carbons (Fsp3) is 0.667. The number of rotatable bonds is 3. The van der Waals surface area contributed by atoms with E-state index in [0.717, 1.165) is 49.4 Å². The van der Waals surface area contributed by atoms with Gasteiger partial charge in [0.2, 0.25) is 0 Å². The maximum Gasteiger partial charge on any atom is 0.321 e. The number of carbonyl (C=O) groups is 1. The molecule has 0 spiro atoms. The molecule has 0 aliphatic carbocycles. The van der Waals surface area contributed by atoms with Gasteiger partial charge in [0.1, 0.15) is 0 Å². The van der Waals surface area contributed by atoms with Crippen LogP contribution in [0.3, 0.4) is 0 Å². The Labute approximate surface area is 152 Å². The first kappa shape index (κ1) is 18.2. The molecule has 25 heavy (non-hydrogen) atoms. The van der Waals surface area contributed by atoms with Gasteiger partial charge >= 0.3 is 6.03 Å². The largest absolute Gasteiger partial charge is 0.325 e. The first-order valence-corrected chi connectivity index (χ1v) is 9.84. The SMILES string of the molecule is Cc1ccc(NC(=O)N2CCC(CN3C[C@H](C)C[C@H](C)C3)CC2)cc1. The molecule has 2 aliphatic rings. The molecule has 4 nitrogen and oxygen atoms in total. The van der Waals surface area contributed by atoms with Crippen LogP contribution in [0.25, 0.3) is 0 Å². The highest BCUT2D eigenvalue weighted by molar-refractivity contribution is 5.89. The molecule has 0 unspecified atom stereocenters. The van der Waals surface area contributed by atoms with Crippen LogP contribution in [0.1, 0.15) is 38.7 Å². The molecule has 2 saturated heterocycles. The van der Waals surface area contributed by atoms with Gasteiger partial charge in [-0.3, -0.25) is 0 Å². The monoisotopic (exact) mass is 343 g/mol. The summed E-state index contributed by atoms with van der Waals surface area (Å²) in [6, 6.07) is 8.05. The zero-order valence-electron chi connectivity index (χ0n) is 16.0. The molecule has 2 fully saturated rings. The van der Waals surface area contributed by atoms with Crippen LogP contribution in [0, 0.1) is 24.7 Å². The number of benzene rings is 1. The Kier molecular flexibility index (Phi) is 6.00. The first-order valence-electron chi connectivity index (χ1n) is 9.84. The number of anilines is 1. The lowest BCUT2D eigenvalue weighted by Crippen LogP contribution is -2.46. The predicted molar refractivity (Wildman–Crippen MR) is 104 cm³/mol. The molecule has 2 amide bonds. The van der Waals surface area contributed by atoms with E-state index in [1.165, 1.54) is 31.6 Å². The normalized spacial score (nSPS) is 25.8. The maximum absolute atomic E-state index is 12.4. The average molecular weight is 344 g/mol. The van der Waals surface area contributed by atoms with E-state index in [2.05, 4.69) is 31.0 Å². The third-order valence-corrected chi connectivity index (χ3v) is 5.67. The summed E-state index contributed by atoms with van der Waals surface area (Å²) in [5.74, 6) is 2.38. The fourth-order valence-corrected chi connectivity index (χ4v) is 4.46. The number of hydrogen-bond donors (Lipinski definition) is 1. The van der Waals surface area contributed by atoms with Crippen LogP contribution in [-0.2, 0) is 0 Å². The lowest BCUT2D eigenvalue weighted by Gasteiger charge is -2.39. The van der Waals surface area contributed by atoms with Crippen LogP contribution in [-0.4, -0.2) is 48.6 Å². The Morgan fingerprint density at radius 3 is 2.28 bits per heavy atom. The Morgan fingerprint density at radius 1 is 1.08 bits per heavy atom. The maximum atomic E-state index is 12.4. The molecule has 1 aromatic rings. The molecule has 4 heteroatoms. The van der Waals surface area contributed by atoms with Crippen molar-refractivity contribution < 1.29 is 4.79 Å². The van der Waals surface area contributed by atoms with Gasteiger partial charge in [-0.15, -0.1) is 0 Å². The molecule has 0 aromatic heterocycles. The van der Waals surface area contributed by atoms with E-state index < -0.39 is 0 Å². The van der Waals surface area contributed by atoms with Crippen LogP contribution < -0.4 is 5.32 Å². The van der Waals surface area contributed by atoms with Crippen LogP contribution in [0.4, 0.5) is 10.5 Å². The summed E-state index contributed by atoms with van der Waals surface area (Å²) in [5, 5.41) is 3.02. The smallest absolute Gasteiger partial charge is 0.321 e. The number of hydrogen-bond acceptors (Lipinski definition) is 2. The first-order chi connectivity index (χ1) is 12.0. The number of likely N-dealkylation sites (tertiary alicyclic amines) is 2. The van der Waals surface area contributed by atoms with Crippen molar-refractivity contribution in [1.29, 1.82) is 0 Å². The molecule has 2 atom stereocenters. The zero-order chi connectivity index (χ0) is 17.8. The topological polar surface area (TPSA) is 35.6 Å². The third-order valence-electron chi connectivity index (χ3n) is 5.67. The molecule has 0 bridgehead atoms. The molecule has 2 aliphatic heterocycles. The van der Waals surface area contributed by atoms with E-state index in [4.69, 9.17) is 0 Å². The summed E-state index contributed by atoms with van der Waals surface area (Å²) in [4.78, 5) is 17.1. The summed E-state index contributed by atoms with van der Waals surface area (Å²) in [5.41, 5.74) is 2.09. The highest BCUT2D eigenvalue weighted by Gasteiger charge is 2.27. The standard InChI is InChI=1S/C21H33N3O/c1-16-4-6-20(7-5-16)22-21(25)24-10-8-19(9-11-24)15-23-13-17(2)12-18(3)14-23/h4-7,17-19H,8-15H2,1-3H3,(H,22,25)/t17-,18+. The van der Waals surface area contributed by atoms with E-state index in [0.29, 0.717) is 0 Å². The molecule has 0 saturated carbocycles. The van der Waals surface area contributed by atoms with Crippen LogP contribution >= 0.6 is 0 Å². The lowest BCUT2D eigenvalue weighted by atomic mass is 9.89. The highest BCUT2D eigenvalue weighted by Crippen LogP contribution is 2.25. The van der Waals surface area contributed by atoms with Gasteiger partial charge in [-0.2, -0.15) is 0 Å². The Balaban J connectivity index is 1.43. The van der Waals surface area contributed by atoms with Gasteiger partial charge in [0.15, 0.2) is 0 Å². The number of aryl methyl sites for hydroxylation is 1. The fourth-order valence-electron chi connectivity index (χ4n) is 4.46. The average Bonchev–Trinajstić information content (AvgIpc) is 2.56. The highest BCUT2D eigenvalue weighted by atomic mass is 16.2. The molecule has 1 N–H and O–H groups in total. The van der Waals surface area contributed by atoms with Gasteiger partial charge in [0.25, 0.3) is 0 Å². The zero-order valence-corrected chi connectivity index (χ0v) is 16.0.